The first-order valence-corrected chi connectivity index (χ1v) is 6.32. The molecule has 0 saturated heterocycles. The summed E-state index contributed by atoms with van der Waals surface area (Å²) in [5, 5.41) is 16.5. The third-order valence-electron chi connectivity index (χ3n) is 2.37. The van der Waals surface area contributed by atoms with E-state index >= 15 is 0 Å². The van der Waals surface area contributed by atoms with Gasteiger partial charge in [0.05, 0.1) is 13.1 Å². The molecule has 19 heavy (non-hydrogen) atoms. The summed E-state index contributed by atoms with van der Waals surface area (Å²) < 4.78 is 6.46. The molecule has 1 aromatic carbocycles. The molecule has 0 saturated carbocycles. The van der Waals surface area contributed by atoms with Gasteiger partial charge in [0.25, 0.3) is 0 Å². The predicted octanol–water partition coefficient (Wildman–Crippen LogP) is 2.02. The Labute approximate surface area is 118 Å². The predicted molar refractivity (Wildman–Crippen MR) is 71.4 cm³/mol. The van der Waals surface area contributed by atoms with Crippen LogP contribution in [0, 0.1) is 0 Å². The van der Waals surface area contributed by atoms with Gasteiger partial charge in [-0.05, 0) is 31.3 Å². The number of carboxylic acids is 1. The summed E-state index contributed by atoms with van der Waals surface area (Å²) in [7, 11) is 1.68. The van der Waals surface area contributed by atoms with Gasteiger partial charge in [-0.1, -0.05) is 15.9 Å². The van der Waals surface area contributed by atoms with Crippen molar-refractivity contribution in [1.29, 1.82) is 0 Å². The number of hydrogen-bond acceptors (Lipinski definition) is 5. The van der Waals surface area contributed by atoms with Crippen LogP contribution in [-0.2, 0) is 11.3 Å². The van der Waals surface area contributed by atoms with E-state index in [1.165, 1.54) is 0 Å². The van der Waals surface area contributed by atoms with Crippen LogP contribution in [0.15, 0.2) is 33.2 Å². The van der Waals surface area contributed by atoms with E-state index in [9.17, 15) is 4.79 Å². The van der Waals surface area contributed by atoms with Gasteiger partial charge >= 0.3 is 5.97 Å². The summed E-state index contributed by atoms with van der Waals surface area (Å²) in [6.45, 7) is 0.228. The maximum absolute atomic E-state index is 10.5. The summed E-state index contributed by atoms with van der Waals surface area (Å²) in [6.07, 6.45) is 0. The number of carbonyl (C=O) groups is 1. The number of rotatable bonds is 5. The van der Waals surface area contributed by atoms with E-state index in [0.717, 1.165) is 10.0 Å². The van der Waals surface area contributed by atoms with Crippen molar-refractivity contribution in [1.82, 2.24) is 15.1 Å². The van der Waals surface area contributed by atoms with Crippen molar-refractivity contribution in [3.8, 4) is 11.5 Å². The van der Waals surface area contributed by atoms with Crippen molar-refractivity contribution in [3.05, 3.63) is 34.6 Å². The maximum Gasteiger partial charge on any atom is 0.317 e. The highest BCUT2D eigenvalue weighted by Crippen LogP contribution is 2.20. The molecule has 0 amide bonds. The van der Waals surface area contributed by atoms with Crippen molar-refractivity contribution < 1.29 is 14.3 Å². The lowest BCUT2D eigenvalue weighted by molar-refractivity contribution is -0.138. The highest BCUT2D eigenvalue weighted by atomic mass is 79.9. The van der Waals surface area contributed by atoms with Crippen LogP contribution in [0.2, 0.25) is 0 Å². The summed E-state index contributed by atoms with van der Waals surface area (Å²) in [5.74, 6) is -0.0805. The molecular formula is C12H12BrN3O3. The lowest BCUT2D eigenvalue weighted by atomic mass is 10.2. The average Bonchev–Trinajstić information content (AvgIpc) is 2.77. The summed E-state index contributed by atoms with van der Waals surface area (Å²) in [4.78, 5) is 12.1. The number of aliphatic carboxylic acids is 1. The van der Waals surface area contributed by atoms with Gasteiger partial charge in [0.1, 0.15) is 0 Å². The molecule has 0 bridgehead atoms. The number of benzene rings is 1. The first kappa shape index (κ1) is 13.7. The zero-order valence-corrected chi connectivity index (χ0v) is 11.8. The average molecular weight is 326 g/mol. The third kappa shape index (κ3) is 3.87. The lowest BCUT2D eigenvalue weighted by Crippen LogP contribution is -2.25. The number of nitrogens with zero attached hydrogens (tertiary/aromatic N) is 3. The summed E-state index contributed by atoms with van der Waals surface area (Å²) in [5.41, 5.74) is 0.822. The minimum atomic E-state index is -0.893. The molecule has 6 nitrogen and oxygen atoms in total. The van der Waals surface area contributed by atoms with Gasteiger partial charge < -0.3 is 9.52 Å². The van der Waals surface area contributed by atoms with E-state index in [4.69, 9.17) is 9.52 Å². The zero-order chi connectivity index (χ0) is 13.8. The van der Waals surface area contributed by atoms with Gasteiger partial charge in [0, 0.05) is 10.0 Å². The zero-order valence-electron chi connectivity index (χ0n) is 10.2. The molecule has 0 radical (unpaired) electrons. The number of carboxylic acid groups (broad SMARTS) is 1. The van der Waals surface area contributed by atoms with E-state index in [2.05, 4.69) is 26.1 Å². The van der Waals surface area contributed by atoms with Gasteiger partial charge in [0.2, 0.25) is 11.8 Å². The second-order valence-electron chi connectivity index (χ2n) is 4.07. The van der Waals surface area contributed by atoms with Crippen LogP contribution < -0.4 is 0 Å². The van der Waals surface area contributed by atoms with Crippen molar-refractivity contribution >= 4 is 21.9 Å². The number of likely N-dealkylation sites (N-methyl/N-ethyl adjacent to an activating group) is 1. The quantitative estimate of drug-likeness (QED) is 0.905. The maximum atomic E-state index is 10.5. The molecule has 2 aromatic rings. The highest BCUT2D eigenvalue weighted by Gasteiger charge is 2.12. The molecule has 0 unspecified atom stereocenters. The Kier molecular flexibility index (Phi) is 4.28. The van der Waals surface area contributed by atoms with Crippen LogP contribution in [0.3, 0.4) is 0 Å². The summed E-state index contributed by atoms with van der Waals surface area (Å²) >= 11 is 3.35. The second kappa shape index (κ2) is 5.94. The highest BCUT2D eigenvalue weighted by molar-refractivity contribution is 9.10. The second-order valence-corrected chi connectivity index (χ2v) is 4.99. The molecule has 7 heteroatoms. The van der Waals surface area contributed by atoms with Gasteiger partial charge in [-0.3, -0.25) is 9.69 Å². The van der Waals surface area contributed by atoms with Crippen LogP contribution in [-0.4, -0.2) is 39.8 Å². The van der Waals surface area contributed by atoms with E-state index in [-0.39, 0.29) is 6.54 Å². The van der Waals surface area contributed by atoms with Crippen molar-refractivity contribution in [3.63, 3.8) is 0 Å². The Morgan fingerprint density at radius 3 is 2.68 bits per heavy atom. The third-order valence-corrected chi connectivity index (χ3v) is 2.90. The Morgan fingerprint density at radius 2 is 2.05 bits per heavy atom. The number of hydrogen-bond donors (Lipinski definition) is 1. The fraction of sp³-hybridized carbons (Fsp3) is 0.250. The van der Waals surface area contributed by atoms with Gasteiger partial charge in [-0.15, -0.1) is 10.2 Å². The van der Waals surface area contributed by atoms with E-state index < -0.39 is 5.97 Å². The molecular weight excluding hydrogens is 314 g/mol. The summed E-state index contributed by atoms with van der Waals surface area (Å²) in [6, 6.07) is 7.50. The molecule has 0 fully saturated rings. The molecule has 0 aliphatic rings. The minimum absolute atomic E-state index is 0.0734. The largest absolute Gasteiger partial charge is 0.480 e. The number of halogens is 1. The Hall–Kier alpha value is -1.73. The first-order chi connectivity index (χ1) is 9.04. The van der Waals surface area contributed by atoms with Gasteiger partial charge in [0.15, 0.2) is 0 Å². The SMILES string of the molecule is CN(CC(=O)O)Cc1nnc(-c2ccc(Br)cc2)o1. The standard InChI is InChI=1S/C12H12BrN3O3/c1-16(7-11(17)18)6-10-14-15-12(19-10)8-2-4-9(13)5-3-8/h2-5H,6-7H2,1H3,(H,17,18). The first-order valence-electron chi connectivity index (χ1n) is 5.53. The number of aromatic nitrogens is 2. The lowest BCUT2D eigenvalue weighted by Gasteiger charge is -2.09. The smallest absolute Gasteiger partial charge is 0.317 e. The van der Waals surface area contributed by atoms with Gasteiger partial charge in [-0.25, -0.2) is 0 Å². The molecule has 0 aliphatic heterocycles. The molecule has 1 heterocycles. The fourth-order valence-electron chi connectivity index (χ4n) is 1.54. The van der Waals surface area contributed by atoms with Crippen molar-refractivity contribution in [2.24, 2.45) is 0 Å². The molecule has 1 aromatic heterocycles. The van der Waals surface area contributed by atoms with Gasteiger partial charge in [-0.2, -0.15) is 0 Å². The van der Waals surface area contributed by atoms with Crippen LogP contribution in [0.25, 0.3) is 11.5 Å². The van der Waals surface area contributed by atoms with E-state index in [1.807, 2.05) is 24.3 Å². The monoisotopic (exact) mass is 325 g/mol. The molecule has 0 spiro atoms. The normalized spacial score (nSPS) is 10.9. The minimum Gasteiger partial charge on any atom is -0.480 e. The molecule has 1 N–H and O–H groups in total. The Balaban J connectivity index is 2.06. The van der Waals surface area contributed by atoms with E-state index in [1.54, 1.807) is 11.9 Å². The molecule has 100 valence electrons. The Morgan fingerprint density at radius 1 is 1.37 bits per heavy atom. The molecule has 0 aliphatic carbocycles. The van der Waals surface area contributed by atoms with E-state index in [0.29, 0.717) is 18.3 Å². The molecule has 0 atom stereocenters. The van der Waals surface area contributed by atoms with Crippen LogP contribution in [0.4, 0.5) is 0 Å². The topological polar surface area (TPSA) is 79.5 Å². The van der Waals surface area contributed by atoms with Crippen LogP contribution >= 0.6 is 15.9 Å². The Bertz CT molecular complexity index is 568. The van der Waals surface area contributed by atoms with Crippen molar-refractivity contribution in [2.75, 3.05) is 13.6 Å². The van der Waals surface area contributed by atoms with Crippen LogP contribution in [0.5, 0.6) is 0 Å². The molecule has 2 rings (SSSR count). The van der Waals surface area contributed by atoms with Crippen LogP contribution in [0.1, 0.15) is 5.89 Å². The van der Waals surface area contributed by atoms with Crippen molar-refractivity contribution in [2.45, 2.75) is 6.54 Å². The fourth-order valence-corrected chi connectivity index (χ4v) is 1.81.